The molecule has 0 atom stereocenters. The molecule has 2 aromatic rings. The fourth-order valence-corrected chi connectivity index (χ4v) is 1.41. The number of nitrogens with zero attached hydrogens (tertiary/aromatic N) is 2. The van der Waals surface area contributed by atoms with E-state index in [1.807, 2.05) is 24.7 Å². The molecule has 0 N–H and O–H groups in total. The molecule has 2 aromatic heterocycles. The molecule has 2 heterocycles. The van der Waals surface area contributed by atoms with E-state index in [1.54, 1.807) is 12.3 Å². The fraction of sp³-hybridized carbons (Fsp3) is 0.273. The van der Waals surface area contributed by atoms with Crippen molar-refractivity contribution in [3.05, 3.63) is 30.5 Å². The van der Waals surface area contributed by atoms with Crippen molar-refractivity contribution >= 4 is 6.29 Å². The number of hydrogen-bond acceptors (Lipinski definition) is 3. The standard InChI is InChI=1S/C11H12N2O2/c1-8(2)13-6-9(5-12-13)10-3-4-15-11(10)7-14/h3-8H,1-2H3. The normalized spacial score (nSPS) is 10.9. The first-order valence-corrected chi connectivity index (χ1v) is 4.79. The highest BCUT2D eigenvalue weighted by molar-refractivity contribution is 5.83. The van der Waals surface area contributed by atoms with Gasteiger partial charge in [-0.05, 0) is 19.9 Å². The molecule has 15 heavy (non-hydrogen) atoms. The van der Waals surface area contributed by atoms with Crippen molar-refractivity contribution in [1.82, 2.24) is 9.78 Å². The van der Waals surface area contributed by atoms with Crippen LogP contribution < -0.4 is 0 Å². The second kappa shape index (κ2) is 3.73. The molecule has 78 valence electrons. The van der Waals surface area contributed by atoms with E-state index in [9.17, 15) is 4.79 Å². The van der Waals surface area contributed by atoms with Crippen molar-refractivity contribution in [1.29, 1.82) is 0 Å². The number of rotatable bonds is 3. The Bertz CT molecular complexity index is 468. The van der Waals surface area contributed by atoms with Crippen molar-refractivity contribution in [2.45, 2.75) is 19.9 Å². The molecule has 0 amide bonds. The molecule has 2 rings (SSSR count). The van der Waals surface area contributed by atoms with Gasteiger partial charge < -0.3 is 4.42 Å². The van der Waals surface area contributed by atoms with Gasteiger partial charge in [0.1, 0.15) is 0 Å². The van der Waals surface area contributed by atoms with Gasteiger partial charge >= 0.3 is 0 Å². The highest BCUT2D eigenvalue weighted by Crippen LogP contribution is 2.23. The van der Waals surface area contributed by atoms with Crippen LogP contribution in [0.5, 0.6) is 0 Å². The first-order valence-electron chi connectivity index (χ1n) is 4.79. The van der Waals surface area contributed by atoms with Crippen LogP contribution >= 0.6 is 0 Å². The van der Waals surface area contributed by atoms with Gasteiger partial charge in [0.2, 0.25) is 0 Å². The number of furan rings is 1. The quantitative estimate of drug-likeness (QED) is 0.722. The zero-order valence-corrected chi connectivity index (χ0v) is 8.68. The van der Waals surface area contributed by atoms with E-state index in [2.05, 4.69) is 5.10 Å². The summed E-state index contributed by atoms with van der Waals surface area (Å²) in [5, 5.41) is 4.21. The summed E-state index contributed by atoms with van der Waals surface area (Å²) in [7, 11) is 0. The molecule has 0 saturated carbocycles. The minimum Gasteiger partial charge on any atom is -0.461 e. The zero-order chi connectivity index (χ0) is 10.8. The zero-order valence-electron chi connectivity index (χ0n) is 8.68. The summed E-state index contributed by atoms with van der Waals surface area (Å²) in [6.07, 6.45) is 5.86. The molecule has 4 nitrogen and oxygen atoms in total. The molecule has 0 unspecified atom stereocenters. The van der Waals surface area contributed by atoms with Crippen LogP contribution in [-0.2, 0) is 0 Å². The van der Waals surface area contributed by atoms with Gasteiger partial charge in [-0.3, -0.25) is 9.48 Å². The number of hydrogen-bond donors (Lipinski definition) is 0. The average Bonchev–Trinajstić information content (AvgIpc) is 2.85. The summed E-state index contributed by atoms with van der Waals surface area (Å²) < 4.78 is 6.88. The Morgan fingerprint density at radius 2 is 2.33 bits per heavy atom. The second-order valence-electron chi connectivity index (χ2n) is 3.62. The minimum atomic E-state index is 0.310. The Labute approximate surface area is 87.5 Å². The topological polar surface area (TPSA) is 48.0 Å². The molecule has 0 aliphatic rings. The smallest absolute Gasteiger partial charge is 0.185 e. The Balaban J connectivity index is 2.41. The van der Waals surface area contributed by atoms with E-state index in [1.165, 1.54) is 6.26 Å². The van der Waals surface area contributed by atoms with Crippen molar-refractivity contribution in [3.63, 3.8) is 0 Å². The van der Waals surface area contributed by atoms with Crippen LogP contribution in [0.4, 0.5) is 0 Å². The molecule has 0 aliphatic heterocycles. The number of aldehydes is 1. The first-order chi connectivity index (χ1) is 7.22. The second-order valence-corrected chi connectivity index (χ2v) is 3.62. The summed E-state index contributed by atoms with van der Waals surface area (Å²) in [6.45, 7) is 4.10. The molecule has 0 aromatic carbocycles. The molecule has 0 radical (unpaired) electrons. The van der Waals surface area contributed by atoms with Gasteiger partial charge in [-0.25, -0.2) is 0 Å². The molecule has 4 heteroatoms. The number of carbonyl (C=O) groups excluding carboxylic acids is 1. The maximum atomic E-state index is 10.7. The average molecular weight is 204 g/mol. The maximum Gasteiger partial charge on any atom is 0.185 e. The fourth-order valence-electron chi connectivity index (χ4n) is 1.41. The monoisotopic (exact) mass is 204 g/mol. The van der Waals surface area contributed by atoms with Gasteiger partial charge in [-0.1, -0.05) is 0 Å². The SMILES string of the molecule is CC(C)n1cc(-c2ccoc2C=O)cn1. The van der Waals surface area contributed by atoms with Gasteiger partial charge in [0.05, 0.1) is 12.5 Å². The molecular formula is C11H12N2O2. The van der Waals surface area contributed by atoms with Crippen LogP contribution in [0.3, 0.4) is 0 Å². The lowest BCUT2D eigenvalue weighted by Crippen LogP contribution is -1.99. The lowest BCUT2D eigenvalue weighted by molar-refractivity contribution is 0.110. The Hall–Kier alpha value is -1.84. The third-order valence-corrected chi connectivity index (χ3v) is 2.24. The maximum absolute atomic E-state index is 10.7. The predicted octanol–water partition coefficient (Wildman–Crippen LogP) is 2.54. The largest absolute Gasteiger partial charge is 0.461 e. The predicted molar refractivity (Wildman–Crippen MR) is 55.7 cm³/mol. The highest BCUT2D eigenvalue weighted by Gasteiger charge is 2.10. The molecular weight excluding hydrogens is 192 g/mol. The third kappa shape index (κ3) is 1.70. The lowest BCUT2D eigenvalue weighted by Gasteiger charge is -2.02. The van der Waals surface area contributed by atoms with Crippen molar-refractivity contribution in [3.8, 4) is 11.1 Å². The molecule has 0 aliphatic carbocycles. The third-order valence-electron chi connectivity index (χ3n) is 2.24. The van der Waals surface area contributed by atoms with Crippen LogP contribution in [0.25, 0.3) is 11.1 Å². The summed E-state index contributed by atoms with van der Waals surface area (Å²) in [4.78, 5) is 10.7. The van der Waals surface area contributed by atoms with Gasteiger partial charge in [0, 0.05) is 23.4 Å². The molecule has 0 bridgehead atoms. The van der Waals surface area contributed by atoms with E-state index in [0.717, 1.165) is 11.1 Å². The van der Waals surface area contributed by atoms with Gasteiger partial charge in [0.15, 0.2) is 12.0 Å². The number of carbonyl (C=O) groups is 1. The van der Waals surface area contributed by atoms with Crippen molar-refractivity contribution in [2.24, 2.45) is 0 Å². The summed E-state index contributed by atoms with van der Waals surface area (Å²) in [5.74, 6) is 0.346. The highest BCUT2D eigenvalue weighted by atomic mass is 16.3. The Morgan fingerprint density at radius 1 is 1.53 bits per heavy atom. The Kier molecular flexibility index (Phi) is 2.41. The number of aromatic nitrogens is 2. The van der Waals surface area contributed by atoms with Crippen LogP contribution in [0.2, 0.25) is 0 Å². The van der Waals surface area contributed by atoms with Gasteiger partial charge in [0.25, 0.3) is 0 Å². The van der Waals surface area contributed by atoms with Crippen molar-refractivity contribution < 1.29 is 9.21 Å². The summed E-state index contributed by atoms with van der Waals surface area (Å²) >= 11 is 0. The van der Waals surface area contributed by atoms with Crippen LogP contribution in [0, 0.1) is 0 Å². The minimum absolute atomic E-state index is 0.310. The van der Waals surface area contributed by atoms with E-state index >= 15 is 0 Å². The molecule has 0 fully saturated rings. The van der Waals surface area contributed by atoms with Gasteiger partial charge in [-0.2, -0.15) is 5.10 Å². The summed E-state index contributed by atoms with van der Waals surface area (Å²) in [6, 6.07) is 2.08. The van der Waals surface area contributed by atoms with E-state index in [4.69, 9.17) is 4.42 Å². The van der Waals surface area contributed by atoms with E-state index in [-0.39, 0.29) is 0 Å². The van der Waals surface area contributed by atoms with Gasteiger partial charge in [-0.15, -0.1) is 0 Å². The van der Waals surface area contributed by atoms with E-state index in [0.29, 0.717) is 18.1 Å². The van der Waals surface area contributed by atoms with E-state index < -0.39 is 0 Å². The van der Waals surface area contributed by atoms with Crippen LogP contribution in [-0.4, -0.2) is 16.1 Å². The van der Waals surface area contributed by atoms with Crippen molar-refractivity contribution in [2.75, 3.05) is 0 Å². The lowest BCUT2D eigenvalue weighted by atomic mass is 10.1. The Morgan fingerprint density at radius 3 is 2.93 bits per heavy atom. The molecule has 0 saturated heterocycles. The van der Waals surface area contributed by atoms with Crippen LogP contribution in [0.15, 0.2) is 29.1 Å². The molecule has 0 spiro atoms. The summed E-state index contributed by atoms with van der Waals surface area (Å²) in [5.41, 5.74) is 1.69. The van der Waals surface area contributed by atoms with Crippen LogP contribution in [0.1, 0.15) is 30.4 Å². The first kappa shape index (κ1) is 9.71.